The zero-order valence-electron chi connectivity index (χ0n) is 14.8. The molecule has 0 aliphatic heterocycles. The fraction of sp³-hybridized carbons (Fsp3) is 0.579. The third-order valence-electron chi connectivity index (χ3n) is 4.30. The number of ether oxygens (including phenoxy) is 1. The first-order valence-electron chi connectivity index (χ1n) is 8.75. The Balaban J connectivity index is 1.64. The van der Waals surface area contributed by atoms with Gasteiger partial charge in [-0.15, -0.1) is 0 Å². The van der Waals surface area contributed by atoms with Crippen molar-refractivity contribution in [1.82, 2.24) is 14.8 Å². The Kier molecular flexibility index (Phi) is 4.90. The molecular weight excluding hydrogens is 302 g/mol. The summed E-state index contributed by atoms with van der Waals surface area (Å²) >= 11 is 0. The molecule has 1 heterocycles. The van der Waals surface area contributed by atoms with E-state index in [1.807, 2.05) is 16.8 Å². The Morgan fingerprint density at radius 2 is 1.92 bits per heavy atom. The lowest BCUT2D eigenvalue weighted by Crippen LogP contribution is -2.10. The third kappa shape index (κ3) is 4.15. The molecule has 0 unspecified atom stereocenters. The fourth-order valence-corrected chi connectivity index (χ4v) is 2.69. The van der Waals surface area contributed by atoms with Crippen LogP contribution in [0, 0.1) is 0 Å². The van der Waals surface area contributed by atoms with Crippen molar-refractivity contribution < 1.29 is 9.84 Å². The maximum Gasteiger partial charge on any atom is 0.188 e. The maximum atomic E-state index is 9.02. The Morgan fingerprint density at radius 3 is 2.50 bits per heavy atom. The molecule has 0 spiro atoms. The highest BCUT2D eigenvalue weighted by molar-refractivity contribution is 5.31. The molecule has 130 valence electrons. The van der Waals surface area contributed by atoms with Crippen molar-refractivity contribution in [3.8, 4) is 5.75 Å². The predicted molar refractivity (Wildman–Crippen MR) is 93.2 cm³/mol. The smallest absolute Gasteiger partial charge is 0.188 e. The molecule has 0 amide bonds. The van der Waals surface area contributed by atoms with Gasteiger partial charge < -0.3 is 9.84 Å². The first-order valence-corrected chi connectivity index (χ1v) is 8.75. The van der Waals surface area contributed by atoms with E-state index in [0.29, 0.717) is 18.9 Å². The Labute approximate surface area is 143 Å². The molecule has 1 fully saturated rings. The molecule has 1 aliphatic rings. The standard InChI is InChI=1S/C19H27N3O2/c1-19(2,3)15-7-9-16(10-8-15)24-13-17-20-18(14-5-6-14)22(21-17)11-4-12-23/h7-10,14,23H,4-6,11-13H2,1-3H3. The number of hydrogen-bond acceptors (Lipinski definition) is 4. The summed E-state index contributed by atoms with van der Waals surface area (Å²) < 4.78 is 7.78. The van der Waals surface area contributed by atoms with Gasteiger partial charge in [0.1, 0.15) is 18.2 Å². The van der Waals surface area contributed by atoms with Crippen LogP contribution in [0.1, 0.15) is 63.2 Å². The topological polar surface area (TPSA) is 60.2 Å². The van der Waals surface area contributed by atoms with Gasteiger partial charge in [0.2, 0.25) is 0 Å². The van der Waals surface area contributed by atoms with E-state index in [0.717, 1.165) is 23.9 Å². The van der Waals surface area contributed by atoms with Crippen LogP contribution in [-0.4, -0.2) is 26.5 Å². The van der Waals surface area contributed by atoms with Gasteiger partial charge in [0, 0.05) is 19.1 Å². The summed E-state index contributed by atoms with van der Waals surface area (Å²) in [6, 6.07) is 8.23. The molecule has 0 saturated heterocycles. The summed E-state index contributed by atoms with van der Waals surface area (Å²) in [7, 11) is 0. The number of aliphatic hydroxyl groups is 1. The zero-order chi connectivity index (χ0) is 17.2. The van der Waals surface area contributed by atoms with Crippen LogP contribution in [0.2, 0.25) is 0 Å². The maximum absolute atomic E-state index is 9.02. The summed E-state index contributed by atoms with van der Waals surface area (Å²) in [5.74, 6) is 3.14. The first-order chi connectivity index (χ1) is 11.5. The van der Waals surface area contributed by atoms with E-state index in [4.69, 9.17) is 9.84 Å². The van der Waals surface area contributed by atoms with Crippen LogP contribution in [0.25, 0.3) is 0 Å². The normalized spacial score (nSPS) is 14.8. The highest BCUT2D eigenvalue weighted by atomic mass is 16.5. The van der Waals surface area contributed by atoms with Crippen LogP contribution in [0.5, 0.6) is 5.75 Å². The van der Waals surface area contributed by atoms with E-state index < -0.39 is 0 Å². The van der Waals surface area contributed by atoms with Crippen LogP contribution in [0.3, 0.4) is 0 Å². The van der Waals surface area contributed by atoms with Crippen molar-refractivity contribution in [2.45, 2.75) is 64.5 Å². The first kappa shape index (κ1) is 17.0. The van der Waals surface area contributed by atoms with Crippen molar-refractivity contribution in [2.75, 3.05) is 6.61 Å². The lowest BCUT2D eigenvalue weighted by atomic mass is 9.87. The summed E-state index contributed by atoms with van der Waals surface area (Å²) in [5.41, 5.74) is 1.43. The molecule has 1 aliphatic carbocycles. The van der Waals surface area contributed by atoms with Gasteiger partial charge in [0.05, 0.1) is 0 Å². The average Bonchev–Trinajstić information content (AvgIpc) is 3.31. The second-order valence-corrected chi connectivity index (χ2v) is 7.52. The molecule has 5 heteroatoms. The average molecular weight is 329 g/mol. The number of aromatic nitrogens is 3. The molecule has 1 N–H and O–H groups in total. The highest BCUT2D eigenvalue weighted by Crippen LogP contribution is 2.39. The molecule has 24 heavy (non-hydrogen) atoms. The van der Waals surface area contributed by atoms with Crippen LogP contribution in [0.15, 0.2) is 24.3 Å². The minimum atomic E-state index is 0.144. The minimum Gasteiger partial charge on any atom is -0.486 e. The molecular formula is C19H27N3O2. The number of aryl methyl sites for hydroxylation is 1. The lowest BCUT2D eigenvalue weighted by Gasteiger charge is -2.19. The molecule has 3 rings (SSSR count). The molecule has 0 atom stereocenters. The molecule has 0 bridgehead atoms. The summed E-state index contributed by atoms with van der Waals surface area (Å²) in [6.07, 6.45) is 3.08. The molecule has 5 nitrogen and oxygen atoms in total. The Morgan fingerprint density at radius 1 is 1.21 bits per heavy atom. The van der Waals surface area contributed by atoms with Crippen LogP contribution >= 0.6 is 0 Å². The summed E-state index contributed by atoms with van der Waals surface area (Å²) in [6.45, 7) is 7.87. The van der Waals surface area contributed by atoms with Gasteiger partial charge in [-0.05, 0) is 42.4 Å². The lowest BCUT2D eigenvalue weighted by molar-refractivity contribution is 0.274. The van der Waals surface area contributed by atoms with Crippen LogP contribution < -0.4 is 4.74 Å². The molecule has 1 aromatic carbocycles. The number of aliphatic hydroxyl groups excluding tert-OH is 1. The quantitative estimate of drug-likeness (QED) is 0.845. The molecule has 2 aromatic rings. The van der Waals surface area contributed by atoms with Crippen LogP contribution in [0.4, 0.5) is 0 Å². The summed E-state index contributed by atoms with van der Waals surface area (Å²) in [4.78, 5) is 4.64. The second kappa shape index (κ2) is 6.93. The van der Waals surface area contributed by atoms with Crippen molar-refractivity contribution in [1.29, 1.82) is 0 Å². The van der Waals surface area contributed by atoms with Crippen molar-refractivity contribution in [2.24, 2.45) is 0 Å². The van der Waals surface area contributed by atoms with Gasteiger partial charge in [-0.2, -0.15) is 5.10 Å². The van der Waals surface area contributed by atoms with Gasteiger partial charge in [0.25, 0.3) is 0 Å². The van der Waals surface area contributed by atoms with E-state index >= 15 is 0 Å². The second-order valence-electron chi connectivity index (χ2n) is 7.52. The summed E-state index contributed by atoms with van der Waals surface area (Å²) in [5, 5.41) is 13.6. The number of nitrogens with zero attached hydrogens (tertiary/aromatic N) is 3. The SMILES string of the molecule is CC(C)(C)c1ccc(OCc2nc(C3CC3)n(CCCO)n2)cc1. The number of benzene rings is 1. The monoisotopic (exact) mass is 329 g/mol. The van der Waals surface area contributed by atoms with Gasteiger partial charge >= 0.3 is 0 Å². The van der Waals surface area contributed by atoms with Crippen molar-refractivity contribution >= 4 is 0 Å². The largest absolute Gasteiger partial charge is 0.486 e. The van der Waals surface area contributed by atoms with E-state index in [9.17, 15) is 0 Å². The van der Waals surface area contributed by atoms with Gasteiger partial charge in [-0.1, -0.05) is 32.9 Å². The van der Waals surface area contributed by atoms with Crippen molar-refractivity contribution in [3.05, 3.63) is 41.5 Å². The van der Waals surface area contributed by atoms with Crippen molar-refractivity contribution in [3.63, 3.8) is 0 Å². The zero-order valence-corrected chi connectivity index (χ0v) is 14.8. The Hall–Kier alpha value is -1.88. The third-order valence-corrected chi connectivity index (χ3v) is 4.30. The van der Waals surface area contributed by atoms with Gasteiger partial charge in [-0.25, -0.2) is 9.67 Å². The predicted octanol–water partition coefficient (Wildman–Crippen LogP) is 3.41. The Bertz CT molecular complexity index is 667. The number of hydrogen-bond donors (Lipinski definition) is 1. The van der Waals surface area contributed by atoms with E-state index in [2.05, 4.69) is 43.0 Å². The van der Waals surface area contributed by atoms with Crippen LogP contribution in [-0.2, 0) is 18.6 Å². The van der Waals surface area contributed by atoms with E-state index in [-0.39, 0.29) is 12.0 Å². The number of rotatable bonds is 7. The minimum absolute atomic E-state index is 0.144. The molecule has 0 radical (unpaired) electrons. The molecule has 1 aromatic heterocycles. The fourth-order valence-electron chi connectivity index (χ4n) is 2.69. The van der Waals surface area contributed by atoms with Gasteiger partial charge in [0.15, 0.2) is 5.82 Å². The highest BCUT2D eigenvalue weighted by Gasteiger charge is 2.29. The molecule has 1 saturated carbocycles. The van der Waals surface area contributed by atoms with E-state index in [1.165, 1.54) is 18.4 Å². The van der Waals surface area contributed by atoms with Gasteiger partial charge in [-0.3, -0.25) is 0 Å². The van der Waals surface area contributed by atoms with E-state index in [1.54, 1.807) is 0 Å².